The molecule has 1 aliphatic heterocycles. The van der Waals surface area contributed by atoms with Gasteiger partial charge in [-0.1, -0.05) is 51.3 Å². The molecule has 0 atom stereocenters. The van der Waals surface area contributed by atoms with Crippen molar-refractivity contribution in [2.45, 2.75) is 52.6 Å². The van der Waals surface area contributed by atoms with Crippen molar-refractivity contribution in [3.05, 3.63) is 59.9 Å². The van der Waals surface area contributed by atoms with Crippen LogP contribution in [0.2, 0.25) is 0 Å². The van der Waals surface area contributed by atoms with Crippen molar-refractivity contribution in [3.63, 3.8) is 0 Å². The second kappa shape index (κ2) is 14.3. The lowest BCUT2D eigenvalue weighted by atomic mass is 10.0. The van der Waals surface area contributed by atoms with E-state index in [4.69, 9.17) is 23.7 Å². The number of benzene rings is 2. The number of carbonyl (C=O) groups is 2. The molecule has 0 aromatic heterocycles. The van der Waals surface area contributed by atoms with Gasteiger partial charge in [-0.25, -0.2) is 14.0 Å². The van der Waals surface area contributed by atoms with E-state index < -0.39 is 17.9 Å². The SMILES string of the molecule is C=C(C)C(=O)OCc1cc(-c2ccc(OCCCCCCC)c(F)c2)ccc1OCC1COC(=O)OC1. The Kier molecular flexibility index (Phi) is 10.8. The highest BCUT2D eigenvalue weighted by atomic mass is 19.1. The fourth-order valence-corrected chi connectivity index (χ4v) is 3.73. The Morgan fingerprint density at radius 3 is 2.35 bits per heavy atom. The summed E-state index contributed by atoms with van der Waals surface area (Å²) >= 11 is 0. The Morgan fingerprint density at radius 2 is 1.68 bits per heavy atom. The number of cyclic esters (lactones) is 2. The molecule has 2 aromatic rings. The van der Waals surface area contributed by atoms with Crippen LogP contribution in [0, 0.1) is 11.7 Å². The zero-order valence-corrected chi connectivity index (χ0v) is 21.6. The van der Waals surface area contributed by atoms with Gasteiger partial charge in [0.25, 0.3) is 0 Å². The molecule has 0 unspecified atom stereocenters. The lowest BCUT2D eigenvalue weighted by Crippen LogP contribution is -2.31. The van der Waals surface area contributed by atoms with Crippen molar-refractivity contribution >= 4 is 12.1 Å². The molecule has 8 heteroatoms. The van der Waals surface area contributed by atoms with Gasteiger partial charge < -0.3 is 23.7 Å². The van der Waals surface area contributed by atoms with Crippen molar-refractivity contribution in [1.82, 2.24) is 0 Å². The van der Waals surface area contributed by atoms with E-state index in [1.54, 1.807) is 37.3 Å². The molecule has 1 aliphatic rings. The van der Waals surface area contributed by atoms with Crippen LogP contribution in [0.3, 0.4) is 0 Å². The van der Waals surface area contributed by atoms with Gasteiger partial charge in [0.15, 0.2) is 11.6 Å². The lowest BCUT2D eigenvalue weighted by molar-refractivity contribution is -0.140. The molecule has 0 spiro atoms. The summed E-state index contributed by atoms with van der Waals surface area (Å²) in [5, 5.41) is 0. The molecular weight excluding hydrogens is 479 g/mol. The molecule has 2 aromatic carbocycles. The number of hydrogen-bond donors (Lipinski definition) is 0. The van der Waals surface area contributed by atoms with Gasteiger partial charge in [-0.15, -0.1) is 0 Å². The molecule has 0 N–H and O–H groups in total. The van der Waals surface area contributed by atoms with Crippen LogP contribution in [-0.2, 0) is 25.6 Å². The largest absolute Gasteiger partial charge is 0.508 e. The number of rotatable bonds is 14. The average Bonchev–Trinajstić information content (AvgIpc) is 2.89. The molecule has 200 valence electrons. The monoisotopic (exact) mass is 514 g/mol. The molecule has 0 amide bonds. The molecule has 0 saturated carbocycles. The summed E-state index contributed by atoms with van der Waals surface area (Å²) in [7, 11) is 0. The predicted octanol–water partition coefficient (Wildman–Crippen LogP) is 6.62. The molecule has 0 bridgehead atoms. The van der Waals surface area contributed by atoms with E-state index in [0.29, 0.717) is 23.5 Å². The summed E-state index contributed by atoms with van der Waals surface area (Å²) in [5.74, 6) is -0.361. The smallest absolute Gasteiger partial charge is 0.493 e. The Balaban J connectivity index is 1.70. The van der Waals surface area contributed by atoms with E-state index in [1.807, 2.05) is 0 Å². The molecule has 1 fully saturated rings. The minimum atomic E-state index is -0.691. The first-order chi connectivity index (χ1) is 17.9. The zero-order chi connectivity index (χ0) is 26.6. The number of hydrogen-bond acceptors (Lipinski definition) is 7. The number of halogens is 1. The zero-order valence-electron chi connectivity index (χ0n) is 21.6. The Hall–Kier alpha value is -3.55. The summed E-state index contributed by atoms with van der Waals surface area (Å²) < 4.78 is 41.5. The number of esters is 1. The van der Waals surface area contributed by atoms with Crippen LogP contribution in [0.1, 0.15) is 51.5 Å². The molecule has 3 rings (SSSR count). The Labute approximate surface area is 217 Å². The van der Waals surface area contributed by atoms with E-state index in [2.05, 4.69) is 13.5 Å². The van der Waals surface area contributed by atoms with Crippen LogP contribution in [-0.4, -0.2) is 38.6 Å². The normalized spacial score (nSPS) is 13.4. The van der Waals surface area contributed by atoms with E-state index >= 15 is 0 Å². The first-order valence-corrected chi connectivity index (χ1v) is 12.7. The van der Waals surface area contributed by atoms with E-state index in [-0.39, 0.29) is 43.7 Å². The molecule has 0 radical (unpaired) electrons. The fraction of sp³-hybridized carbons (Fsp3) is 0.448. The molecule has 0 aliphatic carbocycles. The van der Waals surface area contributed by atoms with Crippen LogP contribution in [0.4, 0.5) is 9.18 Å². The molecule has 1 saturated heterocycles. The third-order valence-electron chi connectivity index (χ3n) is 5.89. The minimum Gasteiger partial charge on any atom is -0.493 e. The maximum absolute atomic E-state index is 14.8. The van der Waals surface area contributed by atoms with Crippen molar-refractivity contribution in [2.75, 3.05) is 26.4 Å². The minimum absolute atomic E-state index is 0.0489. The summed E-state index contributed by atoms with van der Waals surface area (Å²) in [4.78, 5) is 23.1. The summed E-state index contributed by atoms with van der Waals surface area (Å²) in [6, 6.07) is 10.2. The van der Waals surface area contributed by atoms with Crippen LogP contribution in [0.25, 0.3) is 11.1 Å². The summed E-state index contributed by atoms with van der Waals surface area (Å²) in [6.45, 7) is 8.41. The Bertz CT molecular complexity index is 1070. The highest BCUT2D eigenvalue weighted by Crippen LogP contribution is 2.31. The van der Waals surface area contributed by atoms with Gasteiger partial charge in [0, 0.05) is 11.1 Å². The molecule has 7 nitrogen and oxygen atoms in total. The van der Waals surface area contributed by atoms with Crippen LogP contribution in [0.5, 0.6) is 11.5 Å². The van der Waals surface area contributed by atoms with Crippen LogP contribution < -0.4 is 9.47 Å². The maximum atomic E-state index is 14.8. The van der Waals surface area contributed by atoms with Gasteiger partial charge in [-0.05, 0) is 48.7 Å². The van der Waals surface area contributed by atoms with Crippen molar-refractivity contribution < 1.29 is 37.7 Å². The van der Waals surface area contributed by atoms with E-state index in [9.17, 15) is 14.0 Å². The summed E-state index contributed by atoms with van der Waals surface area (Å²) in [6.07, 6.45) is 4.81. The number of ether oxygens (including phenoxy) is 5. The second-order valence-electron chi connectivity index (χ2n) is 9.14. The first-order valence-electron chi connectivity index (χ1n) is 12.7. The second-order valence-corrected chi connectivity index (χ2v) is 9.14. The van der Waals surface area contributed by atoms with Gasteiger partial charge in [-0.3, -0.25) is 0 Å². The van der Waals surface area contributed by atoms with Crippen LogP contribution >= 0.6 is 0 Å². The van der Waals surface area contributed by atoms with E-state index in [0.717, 1.165) is 24.8 Å². The van der Waals surface area contributed by atoms with Crippen molar-refractivity contribution in [2.24, 2.45) is 5.92 Å². The van der Waals surface area contributed by atoms with Gasteiger partial charge in [0.05, 0.1) is 19.1 Å². The highest BCUT2D eigenvalue weighted by Gasteiger charge is 2.22. The predicted molar refractivity (Wildman–Crippen MR) is 137 cm³/mol. The van der Waals surface area contributed by atoms with Crippen molar-refractivity contribution in [3.8, 4) is 22.6 Å². The number of carbonyl (C=O) groups excluding carboxylic acids is 2. The maximum Gasteiger partial charge on any atom is 0.508 e. The highest BCUT2D eigenvalue weighted by molar-refractivity contribution is 5.87. The summed E-state index contributed by atoms with van der Waals surface area (Å²) in [5.41, 5.74) is 2.27. The quantitative estimate of drug-likeness (QED) is 0.159. The Morgan fingerprint density at radius 1 is 1.00 bits per heavy atom. The van der Waals surface area contributed by atoms with Crippen LogP contribution in [0.15, 0.2) is 48.6 Å². The lowest BCUT2D eigenvalue weighted by Gasteiger charge is -2.22. The number of unbranched alkanes of at least 4 members (excludes halogenated alkanes) is 4. The van der Waals surface area contributed by atoms with Gasteiger partial charge >= 0.3 is 12.1 Å². The third-order valence-corrected chi connectivity index (χ3v) is 5.89. The fourth-order valence-electron chi connectivity index (χ4n) is 3.73. The first kappa shape index (κ1) is 28.0. The van der Waals surface area contributed by atoms with Gasteiger partial charge in [0.1, 0.15) is 25.6 Å². The van der Waals surface area contributed by atoms with Crippen molar-refractivity contribution in [1.29, 1.82) is 0 Å². The topological polar surface area (TPSA) is 80.3 Å². The standard InChI is InChI=1S/C29H35FO7/c1-4-5-6-7-8-13-33-27-12-10-23(15-25(27)30)22-9-11-26(24(14-22)19-35-28(31)20(2)3)34-16-21-17-36-29(32)37-18-21/h9-12,14-15,21H,2,4-8,13,16-19H2,1,3H3. The third kappa shape index (κ3) is 8.81. The van der Waals surface area contributed by atoms with Gasteiger partial charge in [0.2, 0.25) is 0 Å². The molecular formula is C29H35FO7. The molecule has 1 heterocycles. The van der Waals surface area contributed by atoms with Gasteiger partial charge in [-0.2, -0.15) is 0 Å². The van der Waals surface area contributed by atoms with E-state index in [1.165, 1.54) is 18.9 Å². The molecule has 37 heavy (non-hydrogen) atoms. The average molecular weight is 515 g/mol.